The summed E-state index contributed by atoms with van der Waals surface area (Å²) >= 11 is 0. The zero-order chi connectivity index (χ0) is 13.9. The minimum absolute atomic E-state index is 0.368. The molecule has 0 unspecified atom stereocenters. The van der Waals surface area contributed by atoms with Crippen LogP contribution in [0.3, 0.4) is 0 Å². The van der Waals surface area contributed by atoms with Crippen LogP contribution < -0.4 is 10.0 Å². The third-order valence-electron chi connectivity index (χ3n) is 3.27. The number of rotatable bonds is 4. The maximum Gasteiger partial charge on any atom is 0.241 e. The van der Waals surface area contributed by atoms with Gasteiger partial charge in [-0.3, -0.25) is 0 Å². The molecule has 1 aromatic rings. The molecule has 1 aliphatic heterocycles. The van der Waals surface area contributed by atoms with Crippen LogP contribution >= 0.6 is 0 Å². The smallest absolute Gasteiger partial charge is 0.241 e. The Balaban J connectivity index is 2.11. The number of sulfonamides is 1. The van der Waals surface area contributed by atoms with Crippen LogP contribution in [0.15, 0.2) is 34.7 Å². The second-order valence-corrected chi connectivity index (χ2v) is 6.65. The van der Waals surface area contributed by atoms with Gasteiger partial charge in [-0.15, -0.1) is 0 Å². The van der Waals surface area contributed by atoms with E-state index in [1.807, 2.05) is 32.1 Å². The predicted octanol–water partition coefficient (Wildman–Crippen LogP) is 1.50. The van der Waals surface area contributed by atoms with Crippen molar-refractivity contribution in [2.24, 2.45) is 0 Å². The van der Waals surface area contributed by atoms with Crippen molar-refractivity contribution < 1.29 is 8.42 Å². The van der Waals surface area contributed by atoms with Crippen LogP contribution in [0, 0.1) is 13.8 Å². The molecule has 0 aromatic heterocycles. The molecule has 0 amide bonds. The quantitative estimate of drug-likeness (QED) is 0.822. The highest BCUT2D eigenvalue weighted by Crippen LogP contribution is 2.16. The summed E-state index contributed by atoms with van der Waals surface area (Å²) in [5.74, 6) is 0. The summed E-state index contributed by atoms with van der Waals surface area (Å²) in [6.07, 6.45) is 2.95. The fraction of sp³-hybridized carbons (Fsp3) is 0.429. The molecule has 0 saturated carbocycles. The minimum atomic E-state index is -3.42. The molecule has 2 N–H and O–H groups in total. The van der Waals surface area contributed by atoms with Crippen molar-refractivity contribution >= 4 is 10.0 Å². The summed E-state index contributed by atoms with van der Waals surface area (Å²) < 4.78 is 27.2. The van der Waals surface area contributed by atoms with Crippen LogP contribution in [-0.4, -0.2) is 28.1 Å². The van der Waals surface area contributed by atoms with Crippen molar-refractivity contribution in [3.8, 4) is 0 Å². The maximum atomic E-state index is 12.3. The van der Waals surface area contributed by atoms with Gasteiger partial charge >= 0.3 is 0 Å². The fourth-order valence-electron chi connectivity index (χ4n) is 2.20. The summed E-state index contributed by atoms with van der Waals surface area (Å²) in [6, 6.07) is 5.38. The van der Waals surface area contributed by atoms with Gasteiger partial charge in [0.2, 0.25) is 10.0 Å². The first-order valence-corrected chi connectivity index (χ1v) is 7.93. The lowest BCUT2D eigenvalue weighted by Crippen LogP contribution is -2.30. The molecule has 1 aliphatic rings. The van der Waals surface area contributed by atoms with E-state index >= 15 is 0 Å². The molecule has 1 heterocycles. The van der Waals surface area contributed by atoms with Crippen molar-refractivity contribution in [3.05, 3.63) is 41.0 Å². The van der Waals surface area contributed by atoms with Gasteiger partial charge in [-0.1, -0.05) is 29.3 Å². The van der Waals surface area contributed by atoms with Crippen LogP contribution in [-0.2, 0) is 10.0 Å². The number of hydrogen-bond acceptors (Lipinski definition) is 3. The number of aryl methyl sites for hydroxylation is 2. The Morgan fingerprint density at radius 1 is 1.32 bits per heavy atom. The Bertz CT molecular complexity index is 591. The van der Waals surface area contributed by atoms with E-state index in [-0.39, 0.29) is 0 Å². The summed E-state index contributed by atoms with van der Waals surface area (Å²) in [5, 5.41) is 3.21. The van der Waals surface area contributed by atoms with E-state index in [9.17, 15) is 8.42 Å². The Morgan fingerprint density at radius 3 is 2.74 bits per heavy atom. The molecule has 104 valence electrons. The summed E-state index contributed by atoms with van der Waals surface area (Å²) in [4.78, 5) is 0.368. The van der Waals surface area contributed by atoms with Gasteiger partial charge in [0, 0.05) is 13.1 Å². The zero-order valence-corrected chi connectivity index (χ0v) is 12.2. The van der Waals surface area contributed by atoms with E-state index in [1.54, 1.807) is 6.07 Å². The van der Waals surface area contributed by atoms with Crippen molar-refractivity contribution in [2.75, 3.05) is 19.6 Å². The Labute approximate surface area is 115 Å². The van der Waals surface area contributed by atoms with E-state index in [1.165, 1.54) is 0 Å². The van der Waals surface area contributed by atoms with E-state index in [4.69, 9.17) is 0 Å². The number of hydrogen-bond donors (Lipinski definition) is 2. The molecule has 0 radical (unpaired) electrons. The predicted molar refractivity (Wildman–Crippen MR) is 76.7 cm³/mol. The SMILES string of the molecule is Cc1ccc(S(=O)(=O)NCC2=CCNCC2)c(C)c1. The van der Waals surface area contributed by atoms with Gasteiger partial charge in [-0.25, -0.2) is 13.1 Å². The average Bonchev–Trinajstić information content (AvgIpc) is 2.37. The Hall–Kier alpha value is -1.17. The standard InChI is InChI=1S/C14H20N2O2S/c1-11-3-4-14(12(2)9-11)19(17,18)16-10-13-5-7-15-8-6-13/h3-5,9,15-16H,6-8,10H2,1-2H3. The topological polar surface area (TPSA) is 58.2 Å². The van der Waals surface area contributed by atoms with Crippen LogP contribution in [0.2, 0.25) is 0 Å². The van der Waals surface area contributed by atoms with Crippen LogP contribution in [0.5, 0.6) is 0 Å². The molecule has 1 aromatic carbocycles. The minimum Gasteiger partial charge on any atom is -0.313 e. The van der Waals surface area contributed by atoms with Crippen molar-refractivity contribution in [1.82, 2.24) is 10.0 Å². The molecule has 0 atom stereocenters. The van der Waals surface area contributed by atoms with Gasteiger partial charge < -0.3 is 5.32 Å². The lowest BCUT2D eigenvalue weighted by Gasteiger charge is -2.15. The normalized spacial score (nSPS) is 16.2. The third kappa shape index (κ3) is 3.65. The number of nitrogens with one attached hydrogen (secondary N) is 2. The van der Waals surface area contributed by atoms with Crippen molar-refractivity contribution in [1.29, 1.82) is 0 Å². The Morgan fingerprint density at radius 2 is 2.11 bits per heavy atom. The second kappa shape index (κ2) is 5.86. The van der Waals surface area contributed by atoms with E-state index < -0.39 is 10.0 Å². The van der Waals surface area contributed by atoms with Gasteiger partial charge in [-0.2, -0.15) is 0 Å². The van der Waals surface area contributed by atoms with Crippen molar-refractivity contribution in [2.45, 2.75) is 25.2 Å². The largest absolute Gasteiger partial charge is 0.313 e. The first-order chi connectivity index (χ1) is 8.99. The fourth-order valence-corrected chi connectivity index (χ4v) is 3.46. The molecule has 0 saturated heterocycles. The molecule has 19 heavy (non-hydrogen) atoms. The second-order valence-electron chi connectivity index (χ2n) is 4.91. The molecule has 0 fully saturated rings. The van der Waals surface area contributed by atoms with Crippen molar-refractivity contribution in [3.63, 3.8) is 0 Å². The maximum absolute atomic E-state index is 12.3. The molecule has 0 spiro atoms. The van der Waals surface area contributed by atoms with E-state index in [0.717, 1.165) is 36.2 Å². The van der Waals surface area contributed by atoms with Crippen LogP contribution in [0.4, 0.5) is 0 Å². The third-order valence-corrected chi connectivity index (χ3v) is 4.83. The monoisotopic (exact) mass is 280 g/mol. The van der Waals surface area contributed by atoms with Gasteiger partial charge in [0.05, 0.1) is 4.90 Å². The summed E-state index contributed by atoms with van der Waals surface area (Å²) in [5.41, 5.74) is 3.00. The summed E-state index contributed by atoms with van der Waals surface area (Å²) in [6.45, 7) is 5.91. The molecule has 2 rings (SSSR count). The van der Waals surface area contributed by atoms with Gasteiger partial charge in [0.1, 0.15) is 0 Å². The summed E-state index contributed by atoms with van der Waals surface area (Å²) in [7, 11) is -3.42. The number of benzene rings is 1. The zero-order valence-electron chi connectivity index (χ0n) is 11.4. The molecule has 0 bridgehead atoms. The van der Waals surface area contributed by atoms with Gasteiger partial charge in [0.25, 0.3) is 0 Å². The van der Waals surface area contributed by atoms with Gasteiger partial charge in [-0.05, 0) is 38.4 Å². The van der Waals surface area contributed by atoms with Crippen LogP contribution in [0.25, 0.3) is 0 Å². The lowest BCUT2D eigenvalue weighted by molar-refractivity contribution is 0.581. The highest BCUT2D eigenvalue weighted by molar-refractivity contribution is 7.89. The molecular formula is C14H20N2O2S. The van der Waals surface area contributed by atoms with E-state index in [2.05, 4.69) is 10.0 Å². The van der Waals surface area contributed by atoms with Gasteiger partial charge in [0.15, 0.2) is 0 Å². The molecule has 5 heteroatoms. The molecule has 0 aliphatic carbocycles. The lowest BCUT2D eigenvalue weighted by atomic mass is 10.1. The highest BCUT2D eigenvalue weighted by atomic mass is 32.2. The molecule has 4 nitrogen and oxygen atoms in total. The first kappa shape index (κ1) is 14.2. The highest BCUT2D eigenvalue weighted by Gasteiger charge is 2.17. The first-order valence-electron chi connectivity index (χ1n) is 6.44. The van der Waals surface area contributed by atoms with E-state index in [0.29, 0.717) is 11.4 Å². The average molecular weight is 280 g/mol. The Kier molecular flexibility index (Phi) is 4.39. The van der Waals surface area contributed by atoms with Crippen LogP contribution in [0.1, 0.15) is 17.5 Å². The molecular weight excluding hydrogens is 260 g/mol.